The maximum Gasteiger partial charge on any atom is 0.358 e. The monoisotopic (exact) mass is 285 g/mol. The Morgan fingerprint density at radius 2 is 2.05 bits per heavy atom. The number of carboxylic acids is 1. The number of amides is 1. The number of aromatic nitrogens is 3. The molecule has 0 aliphatic heterocycles. The maximum absolute atomic E-state index is 11.7. The maximum atomic E-state index is 11.7. The standard InChI is InChI=1S/C13H11N5O3/c14-5-9-1-3-10(4-2-9)6-15-12(19)8-18-7-11(13(20)21)16-17-18/h1-4,7H,6,8H2,(H,15,19)(H,20,21). The van der Waals surface area contributed by atoms with Crippen molar-refractivity contribution in [1.29, 1.82) is 5.26 Å². The minimum Gasteiger partial charge on any atom is -0.476 e. The van der Waals surface area contributed by atoms with Crippen LogP contribution in [0.5, 0.6) is 0 Å². The van der Waals surface area contributed by atoms with Gasteiger partial charge < -0.3 is 10.4 Å². The predicted molar refractivity (Wildman–Crippen MR) is 70.0 cm³/mol. The second-order valence-electron chi connectivity index (χ2n) is 4.19. The summed E-state index contributed by atoms with van der Waals surface area (Å²) < 4.78 is 1.15. The molecule has 0 bridgehead atoms. The smallest absolute Gasteiger partial charge is 0.358 e. The van der Waals surface area contributed by atoms with Crippen molar-refractivity contribution in [2.45, 2.75) is 13.1 Å². The van der Waals surface area contributed by atoms with Crippen molar-refractivity contribution in [3.63, 3.8) is 0 Å². The van der Waals surface area contributed by atoms with Gasteiger partial charge in [-0.1, -0.05) is 17.3 Å². The summed E-state index contributed by atoms with van der Waals surface area (Å²) in [4.78, 5) is 22.3. The van der Waals surface area contributed by atoms with E-state index in [9.17, 15) is 9.59 Å². The number of nitrogens with one attached hydrogen (secondary N) is 1. The third-order valence-electron chi connectivity index (χ3n) is 2.64. The molecule has 2 N–H and O–H groups in total. The van der Waals surface area contributed by atoms with E-state index in [-0.39, 0.29) is 18.1 Å². The van der Waals surface area contributed by atoms with Crippen LogP contribution in [-0.4, -0.2) is 32.0 Å². The number of aromatic carboxylic acids is 1. The fourth-order valence-corrected chi connectivity index (χ4v) is 1.57. The molecule has 0 aliphatic carbocycles. The zero-order valence-electron chi connectivity index (χ0n) is 10.9. The van der Waals surface area contributed by atoms with E-state index < -0.39 is 5.97 Å². The van der Waals surface area contributed by atoms with Gasteiger partial charge in [-0.15, -0.1) is 5.10 Å². The van der Waals surface area contributed by atoms with Crippen LogP contribution in [-0.2, 0) is 17.9 Å². The summed E-state index contributed by atoms with van der Waals surface area (Å²) in [5.74, 6) is -1.51. The molecule has 21 heavy (non-hydrogen) atoms. The Hall–Kier alpha value is -3.21. The lowest BCUT2D eigenvalue weighted by Crippen LogP contribution is -2.27. The minimum absolute atomic E-state index is 0.115. The highest BCUT2D eigenvalue weighted by Crippen LogP contribution is 2.02. The number of carbonyl (C=O) groups excluding carboxylic acids is 1. The molecule has 0 spiro atoms. The summed E-state index contributed by atoms with van der Waals surface area (Å²) in [5, 5.41) is 27.0. The lowest BCUT2D eigenvalue weighted by Gasteiger charge is -2.05. The SMILES string of the molecule is N#Cc1ccc(CNC(=O)Cn2cc(C(=O)O)nn2)cc1. The summed E-state index contributed by atoms with van der Waals surface area (Å²) in [6, 6.07) is 8.83. The van der Waals surface area contributed by atoms with Crippen molar-refractivity contribution < 1.29 is 14.7 Å². The number of rotatable bonds is 5. The van der Waals surface area contributed by atoms with Gasteiger partial charge in [-0.2, -0.15) is 5.26 Å². The first-order valence-corrected chi connectivity index (χ1v) is 5.97. The first-order valence-electron chi connectivity index (χ1n) is 5.97. The van der Waals surface area contributed by atoms with Gasteiger partial charge in [0.25, 0.3) is 0 Å². The molecule has 106 valence electrons. The zero-order valence-corrected chi connectivity index (χ0v) is 10.9. The predicted octanol–water partition coefficient (Wildman–Crippen LogP) is 0.164. The van der Waals surface area contributed by atoms with Crippen LogP contribution in [0.15, 0.2) is 30.5 Å². The Bertz CT molecular complexity index is 699. The highest BCUT2D eigenvalue weighted by molar-refractivity contribution is 5.84. The Balaban J connectivity index is 1.86. The molecule has 8 heteroatoms. The van der Waals surface area contributed by atoms with E-state index in [4.69, 9.17) is 10.4 Å². The topological polar surface area (TPSA) is 121 Å². The molecule has 1 amide bonds. The van der Waals surface area contributed by atoms with Gasteiger partial charge in [-0.05, 0) is 17.7 Å². The number of carboxylic acid groups (broad SMARTS) is 1. The van der Waals surface area contributed by atoms with Gasteiger partial charge in [0, 0.05) is 6.54 Å². The van der Waals surface area contributed by atoms with Crippen molar-refractivity contribution in [3.8, 4) is 6.07 Å². The first kappa shape index (κ1) is 14.2. The van der Waals surface area contributed by atoms with E-state index in [0.717, 1.165) is 10.2 Å². The average Bonchev–Trinajstić information content (AvgIpc) is 2.94. The Morgan fingerprint density at radius 3 is 2.62 bits per heavy atom. The van der Waals surface area contributed by atoms with Crippen LogP contribution in [0.3, 0.4) is 0 Å². The van der Waals surface area contributed by atoms with Crippen LogP contribution in [0.2, 0.25) is 0 Å². The highest BCUT2D eigenvalue weighted by atomic mass is 16.4. The van der Waals surface area contributed by atoms with Crippen LogP contribution in [0, 0.1) is 11.3 Å². The van der Waals surface area contributed by atoms with Crippen LogP contribution < -0.4 is 5.32 Å². The van der Waals surface area contributed by atoms with Gasteiger partial charge in [0.1, 0.15) is 6.54 Å². The average molecular weight is 285 g/mol. The molecule has 1 aromatic heterocycles. The molecule has 0 aliphatic rings. The van der Waals surface area contributed by atoms with E-state index in [1.165, 1.54) is 6.20 Å². The normalized spacial score (nSPS) is 9.86. The van der Waals surface area contributed by atoms with Crippen molar-refractivity contribution >= 4 is 11.9 Å². The van der Waals surface area contributed by atoms with Crippen LogP contribution in [0.1, 0.15) is 21.6 Å². The van der Waals surface area contributed by atoms with Gasteiger partial charge in [0.05, 0.1) is 17.8 Å². The molecule has 0 radical (unpaired) electrons. The third kappa shape index (κ3) is 3.87. The Labute approximate surface area is 119 Å². The molecule has 1 aromatic carbocycles. The molecular weight excluding hydrogens is 274 g/mol. The van der Waals surface area contributed by atoms with Gasteiger partial charge in [0.15, 0.2) is 5.69 Å². The Kier molecular flexibility index (Phi) is 4.26. The van der Waals surface area contributed by atoms with E-state index in [0.29, 0.717) is 12.1 Å². The molecule has 0 fully saturated rings. The first-order chi connectivity index (χ1) is 10.1. The summed E-state index contributed by atoms with van der Waals surface area (Å²) in [6.07, 6.45) is 1.18. The molecule has 8 nitrogen and oxygen atoms in total. The molecule has 1 heterocycles. The number of hydrogen-bond donors (Lipinski definition) is 2. The van der Waals surface area contributed by atoms with Crippen LogP contribution in [0.4, 0.5) is 0 Å². The fourth-order valence-electron chi connectivity index (χ4n) is 1.57. The van der Waals surface area contributed by atoms with E-state index >= 15 is 0 Å². The van der Waals surface area contributed by atoms with E-state index in [1.807, 2.05) is 6.07 Å². The van der Waals surface area contributed by atoms with Crippen molar-refractivity contribution in [3.05, 3.63) is 47.3 Å². The summed E-state index contributed by atoms with van der Waals surface area (Å²) in [6.45, 7) is 0.196. The fraction of sp³-hybridized carbons (Fsp3) is 0.154. The van der Waals surface area contributed by atoms with Crippen molar-refractivity contribution in [2.75, 3.05) is 0 Å². The van der Waals surface area contributed by atoms with Crippen LogP contribution >= 0.6 is 0 Å². The molecule has 0 saturated carbocycles. The second-order valence-corrected chi connectivity index (χ2v) is 4.19. The molecule has 0 atom stereocenters. The summed E-state index contributed by atoms with van der Waals surface area (Å²) in [7, 11) is 0. The molecule has 2 rings (SSSR count). The number of carbonyl (C=O) groups is 2. The van der Waals surface area contributed by atoms with E-state index in [2.05, 4.69) is 15.6 Å². The van der Waals surface area contributed by atoms with Gasteiger partial charge in [0.2, 0.25) is 5.91 Å². The van der Waals surface area contributed by atoms with Gasteiger partial charge in [-0.25, -0.2) is 9.48 Å². The second kappa shape index (κ2) is 6.29. The van der Waals surface area contributed by atoms with Gasteiger partial charge >= 0.3 is 5.97 Å². The molecule has 0 unspecified atom stereocenters. The minimum atomic E-state index is -1.20. The molecular formula is C13H11N5O3. The molecule has 0 saturated heterocycles. The van der Waals surface area contributed by atoms with E-state index in [1.54, 1.807) is 24.3 Å². The van der Waals surface area contributed by atoms with Gasteiger partial charge in [-0.3, -0.25) is 4.79 Å². The zero-order chi connectivity index (χ0) is 15.2. The molecule has 2 aromatic rings. The number of hydrogen-bond acceptors (Lipinski definition) is 5. The summed E-state index contributed by atoms with van der Waals surface area (Å²) >= 11 is 0. The van der Waals surface area contributed by atoms with Crippen molar-refractivity contribution in [2.24, 2.45) is 0 Å². The number of nitrogens with zero attached hydrogens (tertiary/aromatic N) is 4. The quantitative estimate of drug-likeness (QED) is 0.807. The lowest BCUT2D eigenvalue weighted by atomic mass is 10.1. The number of benzene rings is 1. The van der Waals surface area contributed by atoms with Crippen molar-refractivity contribution in [1.82, 2.24) is 20.3 Å². The number of nitriles is 1. The lowest BCUT2D eigenvalue weighted by molar-refractivity contribution is -0.122. The Morgan fingerprint density at radius 1 is 1.33 bits per heavy atom. The third-order valence-corrected chi connectivity index (χ3v) is 2.64. The summed E-state index contributed by atoms with van der Waals surface area (Å²) in [5.41, 5.74) is 1.19. The highest BCUT2D eigenvalue weighted by Gasteiger charge is 2.10. The largest absolute Gasteiger partial charge is 0.476 e. The van der Waals surface area contributed by atoms with Crippen LogP contribution in [0.25, 0.3) is 0 Å².